The Morgan fingerprint density at radius 2 is 1.36 bits per heavy atom. The smallest absolute Gasteiger partial charge is 0.339 e. The number of ether oxygens (including phenoxy) is 3. The minimum atomic E-state index is -4.39. The van der Waals surface area contributed by atoms with Gasteiger partial charge in [-0.2, -0.15) is 0 Å². The van der Waals surface area contributed by atoms with Crippen molar-refractivity contribution in [3.8, 4) is 0 Å². The number of methoxy groups -OCH3 is 3. The molecule has 28 heavy (non-hydrogen) atoms. The number of sulfonamides is 1. The summed E-state index contributed by atoms with van der Waals surface area (Å²) in [5.74, 6) is -2.46. The first-order valence-corrected chi connectivity index (χ1v) is 9.24. The van der Waals surface area contributed by atoms with Gasteiger partial charge in [-0.1, -0.05) is 12.1 Å². The molecule has 0 saturated heterocycles. The van der Waals surface area contributed by atoms with Crippen molar-refractivity contribution in [2.75, 3.05) is 26.1 Å². The predicted octanol–water partition coefficient (Wildman–Crippen LogP) is 1.85. The second kappa shape index (κ2) is 8.53. The quantitative estimate of drug-likeness (QED) is 0.568. The van der Waals surface area contributed by atoms with Crippen LogP contribution in [0.15, 0.2) is 47.4 Å². The summed E-state index contributed by atoms with van der Waals surface area (Å²) < 4.78 is 41.9. The van der Waals surface area contributed by atoms with Gasteiger partial charge in [0.25, 0.3) is 10.0 Å². The normalized spacial score (nSPS) is 10.7. The van der Waals surface area contributed by atoms with Gasteiger partial charge in [0.15, 0.2) is 0 Å². The maximum Gasteiger partial charge on any atom is 0.339 e. The van der Waals surface area contributed by atoms with E-state index < -0.39 is 32.8 Å². The Labute approximate surface area is 161 Å². The molecular weight excluding hydrogens is 390 g/mol. The lowest BCUT2D eigenvalue weighted by Crippen LogP contribution is -2.20. The Balaban J connectivity index is 2.60. The van der Waals surface area contributed by atoms with Crippen molar-refractivity contribution in [3.05, 3.63) is 59.2 Å². The summed E-state index contributed by atoms with van der Waals surface area (Å²) in [4.78, 5) is 35.1. The van der Waals surface area contributed by atoms with E-state index in [1.54, 1.807) is 0 Å². The molecule has 0 heterocycles. The molecule has 0 bridgehead atoms. The first-order chi connectivity index (χ1) is 13.2. The van der Waals surface area contributed by atoms with Crippen molar-refractivity contribution in [2.45, 2.75) is 4.90 Å². The number of anilines is 1. The summed E-state index contributed by atoms with van der Waals surface area (Å²) in [6.45, 7) is 0. The molecule has 9 nitrogen and oxygen atoms in total. The molecule has 0 amide bonds. The Hall–Kier alpha value is -3.40. The number of nitrogens with one attached hydrogen (secondary N) is 1. The number of benzene rings is 2. The fraction of sp³-hybridized carbons (Fsp3) is 0.167. The van der Waals surface area contributed by atoms with E-state index in [0.717, 1.165) is 33.5 Å². The number of carbonyl (C=O) groups excluding carboxylic acids is 3. The zero-order valence-corrected chi connectivity index (χ0v) is 16.0. The summed E-state index contributed by atoms with van der Waals surface area (Å²) in [5, 5.41) is 0. The van der Waals surface area contributed by atoms with Crippen LogP contribution in [0.4, 0.5) is 5.69 Å². The van der Waals surface area contributed by atoms with Crippen LogP contribution in [0.1, 0.15) is 31.1 Å². The first-order valence-electron chi connectivity index (χ1n) is 7.76. The topological polar surface area (TPSA) is 125 Å². The van der Waals surface area contributed by atoms with E-state index in [9.17, 15) is 22.8 Å². The molecule has 0 spiro atoms. The van der Waals surface area contributed by atoms with Gasteiger partial charge in [-0.05, 0) is 30.3 Å². The highest BCUT2D eigenvalue weighted by molar-refractivity contribution is 7.92. The molecule has 0 aromatic heterocycles. The zero-order chi connectivity index (χ0) is 20.9. The van der Waals surface area contributed by atoms with Crippen molar-refractivity contribution in [2.24, 2.45) is 0 Å². The number of hydrogen-bond acceptors (Lipinski definition) is 8. The van der Waals surface area contributed by atoms with Crippen molar-refractivity contribution < 1.29 is 37.0 Å². The summed E-state index contributed by atoms with van der Waals surface area (Å²) in [6.07, 6.45) is 0. The maximum absolute atomic E-state index is 12.9. The molecule has 148 valence electrons. The van der Waals surface area contributed by atoms with Gasteiger partial charge in [-0.3, -0.25) is 4.72 Å². The summed E-state index contributed by atoms with van der Waals surface area (Å²) in [7, 11) is -1.01. The lowest BCUT2D eigenvalue weighted by atomic mass is 10.1. The van der Waals surface area contributed by atoms with Gasteiger partial charge < -0.3 is 14.2 Å². The van der Waals surface area contributed by atoms with Crippen molar-refractivity contribution in [3.63, 3.8) is 0 Å². The molecule has 0 aliphatic heterocycles. The predicted molar refractivity (Wildman–Crippen MR) is 97.7 cm³/mol. The standard InChI is InChI=1S/C18H17NO8S/c1-25-16(20)11-8-9-13(18(22)27-3)15(10-11)28(23,24)19-14-7-5-4-6-12(14)17(21)26-2/h4-10,19H,1-3H3. The Morgan fingerprint density at radius 3 is 1.96 bits per heavy atom. The fourth-order valence-corrected chi connectivity index (χ4v) is 3.63. The van der Waals surface area contributed by atoms with E-state index in [-0.39, 0.29) is 22.4 Å². The van der Waals surface area contributed by atoms with Gasteiger partial charge in [0, 0.05) is 0 Å². The summed E-state index contributed by atoms with van der Waals surface area (Å²) in [5.41, 5.74) is -0.471. The SMILES string of the molecule is COC(=O)c1ccc(C(=O)OC)c(S(=O)(=O)Nc2ccccc2C(=O)OC)c1. The first kappa shape index (κ1) is 20.9. The van der Waals surface area contributed by atoms with Gasteiger partial charge in [0.1, 0.15) is 4.90 Å². The van der Waals surface area contributed by atoms with E-state index in [2.05, 4.69) is 18.9 Å². The lowest BCUT2D eigenvalue weighted by molar-refractivity contribution is 0.0583. The third-order valence-electron chi connectivity index (χ3n) is 3.67. The van der Waals surface area contributed by atoms with Gasteiger partial charge >= 0.3 is 17.9 Å². The zero-order valence-electron chi connectivity index (χ0n) is 15.2. The van der Waals surface area contributed by atoms with E-state index >= 15 is 0 Å². The third kappa shape index (κ3) is 4.29. The highest BCUT2D eigenvalue weighted by Crippen LogP contribution is 2.25. The van der Waals surface area contributed by atoms with Crippen LogP contribution in [0.2, 0.25) is 0 Å². The molecule has 0 unspecified atom stereocenters. The Morgan fingerprint density at radius 1 is 0.786 bits per heavy atom. The monoisotopic (exact) mass is 407 g/mol. The molecule has 2 aromatic rings. The van der Waals surface area contributed by atoms with Crippen LogP contribution in [-0.4, -0.2) is 47.7 Å². The molecular formula is C18H17NO8S. The number of hydrogen-bond donors (Lipinski definition) is 1. The van der Waals surface area contributed by atoms with Crippen molar-refractivity contribution in [1.29, 1.82) is 0 Å². The van der Waals surface area contributed by atoms with E-state index in [1.807, 2.05) is 0 Å². The van der Waals surface area contributed by atoms with Crippen LogP contribution >= 0.6 is 0 Å². The van der Waals surface area contributed by atoms with Crippen LogP contribution in [-0.2, 0) is 24.2 Å². The number of rotatable bonds is 6. The molecule has 1 N–H and O–H groups in total. The van der Waals surface area contributed by atoms with Gasteiger partial charge in [0.2, 0.25) is 0 Å². The van der Waals surface area contributed by atoms with Crippen LogP contribution in [0.25, 0.3) is 0 Å². The largest absolute Gasteiger partial charge is 0.465 e. The minimum Gasteiger partial charge on any atom is -0.465 e. The maximum atomic E-state index is 12.9. The van der Waals surface area contributed by atoms with Gasteiger partial charge in [-0.25, -0.2) is 22.8 Å². The second-order valence-electron chi connectivity index (χ2n) is 5.34. The molecule has 10 heteroatoms. The van der Waals surface area contributed by atoms with Crippen LogP contribution in [0, 0.1) is 0 Å². The van der Waals surface area contributed by atoms with Crippen LogP contribution < -0.4 is 4.72 Å². The third-order valence-corrected chi connectivity index (χ3v) is 5.08. The highest BCUT2D eigenvalue weighted by Gasteiger charge is 2.26. The van der Waals surface area contributed by atoms with Gasteiger partial charge in [-0.15, -0.1) is 0 Å². The molecule has 0 aliphatic carbocycles. The van der Waals surface area contributed by atoms with Crippen molar-refractivity contribution in [1.82, 2.24) is 0 Å². The van der Waals surface area contributed by atoms with E-state index in [0.29, 0.717) is 0 Å². The molecule has 0 atom stereocenters. The molecule has 0 aliphatic rings. The Bertz CT molecular complexity index is 1030. The molecule has 0 fully saturated rings. The summed E-state index contributed by atoms with van der Waals surface area (Å²) in [6, 6.07) is 9.12. The number of para-hydroxylation sites is 1. The molecule has 2 rings (SSSR count). The fourth-order valence-electron chi connectivity index (χ4n) is 2.33. The average molecular weight is 407 g/mol. The van der Waals surface area contributed by atoms with Crippen molar-refractivity contribution >= 4 is 33.6 Å². The molecule has 2 aromatic carbocycles. The lowest BCUT2D eigenvalue weighted by Gasteiger charge is -2.14. The second-order valence-corrected chi connectivity index (χ2v) is 6.99. The molecule has 0 saturated carbocycles. The number of esters is 3. The number of carbonyl (C=O) groups is 3. The summed E-state index contributed by atoms with van der Waals surface area (Å²) >= 11 is 0. The van der Waals surface area contributed by atoms with E-state index in [1.165, 1.54) is 30.3 Å². The van der Waals surface area contributed by atoms with E-state index in [4.69, 9.17) is 0 Å². The highest BCUT2D eigenvalue weighted by atomic mass is 32.2. The minimum absolute atomic E-state index is 0.0303. The molecule has 0 radical (unpaired) electrons. The van der Waals surface area contributed by atoms with Crippen LogP contribution in [0.5, 0.6) is 0 Å². The van der Waals surface area contributed by atoms with Crippen LogP contribution in [0.3, 0.4) is 0 Å². The average Bonchev–Trinajstić information content (AvgIpc) is 2.71. The van der Waals surface area contributed by atoms with Gasteiger partial charge in [0.05, 0.1) is 43.7 Å². The Kier molecular flexibility index (Phi) is 6.37.